The monoisotopic (exact) mass is 189 g/mol. The van der Waals surface area contributed by atoms with Crippen molar-refractivity contribution in [3.05, 3.63) is 47.8 Å². The maximum atomic E-state index is 3.42. The fourth-order valence-corrected chi connectivity index (χ4v) is 1.17. The van der Waals surface area contributed by atoms with Gasteiger partial charge in [-0.05, 0) is 24.5 Å². The number of hydrogen-bond acceptors (Lipinski definition) is 2. The molecule has 1 N–H and O–H groups in total. The number of aromatic nitrogens is 3. The van der Waals surface area contributed by atoms with Crippen molar-refractivity contribution < 1.29 is 0 Å². The molecule has 2 aromatic rings. The first-order chi connectivity index (χ1) is 6.84. The van der Waals surface area contributed by atoms with Gasteiger partial charge in [0.15, 0.2) is 0 Å². The molecule has 3 nitrogen and oxygen atoms in total. The highest BCUT2D eigenvalue weighted by Crippen LogP contribution is 2.06. The minimum atomic E-state index is 1.15. The second-order valence-corrected chi connectivity index (χ2v) is 2.94. The van der Waals surface area contributed by atoms with E-state index in [0.717, 1.165) is 6.42 Å². The average Bonchev–Trinajstić information content (AvgIpc) is 2.76. The van der Waals surface area contributed by atoms with Crippen molar-refractivity contribution in [2.75, 3.05) is 0 Å². The van der Waals surface area contributed by atoms with Crippen LogP contribution in [-0.4, -0.2) is 15.4 Å². The average molecular weight is 189 g/mol. The van der Waals surface area contributed by atoms with E-state index in [0.29, 0.717) is 0 Å². The van der Waals surface area contributed by atoms with Gasteiger partial charge < -0.3 is 0 Å². The smallest absolute Gasteiger partial charge is 0.0690 e. The summed E-state index contributed by atoms with van der Waals surface area (Å²) < 4.78 is 0. The predicted octanol–water partition coefficient (Wildman–Crippen LogP) is 2.36. The molecule has 0 fully saturated rings. The third-order valence-electron chi connectivity index (χ3n) is 1.97. The Balaban J connectivity index is 0.000000165. The molecule has 0 aliphatic carbocycles. The van der Waals surface area contributed by atoms with Gasteiger partial charge in [-0.25, -0.2) is 0 Å². The number of nitrogens with one attached hydrogen (secondary N) is 1. The molecule has 0 aliphatic heterocycles. The zero-order valence-corrected chi connectivity index (χ0v) is 8.57. The number of H-pyrrole nitrogens is 1. The molecular formula is C11H15N3. The first-order valence-electron chi connectivity index (χ1n) is 4.69. The molecule has 14 heavy (non-hydrogen) atoms. The van der Waals surface area contributed by atoms with Gasteiger partial charge in [-0.2, -0.15) is 0 Å². The number of rotatable bonds is 1. The Kier molecular flexibility index (Phi) is 4.41. The highest BCUT2D eigenvalue weighted by Gasteiger charge is 1.89. The van der Waals surface area contributed by atoms with Crippen LogP contribution in [-0.2, 0) is 6.42 Å². The van der Waals surface area contributed by atoms with E-state index in [4.69, 9.17) is 0 Å². The lowest BCUT2D eigenvalue weighted by Gasteiger charge is -1.98. The number of aromatic amines is 1. The van der Waals surface area contributed by atoms with Gasteiger partial charge >= 0.3 is 0 Å². The Morgan fingerprint density at radius 2 is 2.07 bits per heavy atom. The molecule has 0 atom stereocenters. The van der Waals surface area contributed by atoms with Crippen LogP contribution in [0.5, 0.6) is 0 Å². The molecule has 0 spiro atoms. The van der Waals surface area contributed by atoms with Gasteiger partial charge in [0.05, 0.1) is 6.20 Å². The Bertz CT molecular complexity index is 324. The molecular weight excluding hydrogens is 174 g/mol. The summed E-state index contributed by atoms with van der Waals surface area (Å²) in [6, 6.07) is 8.49. The van der Waals surface area contributed by atoms with Crippen LogP contribution < -0.4 is 0 Å². The summed E-state index contributed by atoms with van der Waals surface area (Å²) in [6.07, 6.45) is 4.38. The van der Waals surface area contributed by atoms with Crippen molar-refractivity contribution in [2.45, 2.75) is 20.3 Å². The highest BCUT2D eigenvalue weighted by atomic mass is 15.3. The van der Waals surface area contributed by atoms with Gasteiger partial charge in [-0.1, -0.05) is 36.4 Å². The third kappa shape index (κ3) is 3.39. The zero-order chi connectivity index (χ0) is 10.2. The molecule has 1 heterocycles. The Morgan fingerprint density at radius 1 is 1.29 bits per heavy atom. The van der Waals surface area contributed by atoms with E-state index in [1.54, 1.807) is 12.4 Å². The Morgan fingerprint density at radius 3 is 2.43 bits per heavy atom. The summed E-state index contributed by atoms with van der Waals surface area (Å²) in [5.41, 5.74) is 2.86. The first kappa shape index (κ1) is 10.4. The largest absolute Gasteiger partial charge is 0.266 e. The van der Waals surface area contributed by atoms with Crippen LogP contribution in [0.15, 0.2) is 36.7 Å². The van der Waals surface area contributed by atoms with Gasteiger partial charge in [-0.15, -0.1) is 5.10 Å². The van der Waals surface area contributed by atoms with E-state index in [9.17, 15) is 0 Å². The number of benzene rings is 1. The molecule has 74 valence electrons. The van der Waals surface area contributed by atoms with E-state index in [1.165, 1.54) is 11.1 Å². The first-order valence-corrected chi connectivity index (χ1v) is 4.69. The normalized spacial score (nSPS) is 9.00. The quantitative estimate of drug-likeness (QED) is 0.748. The lowest BCUT2D eigenvalue weighted by Crippen LogP contribution is -1.82. The van der Waals surface area contributed by atoms with Gasteiger partial charge in [0.2, 0.25) is 0 Å². The summed E-state index contributed by atoms with van der Waals surface area (Å²) in [5.74, 6) is 0. The molecule has 2 rings (SSSR count). The molecule has 0 amide bonds. The third-order valence-corrected chi connectivity index (χ3v) is 1.97. The van der Waals surface area contributed by atoms with Crippen LogP contribution in [0.4, 0.5) is 0 Å². The van der Waals surface area contributed by atoms with Crippen molar-refractivity contribution >= 4 is 0 Å². The SMILES string of the molecule is CCc1ccccc1C.c1c[nH]nn1. The van der Waals surface area contributed by atoms with Crippen LogP contribution >= 0.6 is 0 Å². The zero-order valence-electron chi connectivity index (χ0n) is 8.57. The van der Waals surface area contributed by atoms with E-state index in [1.807, 2.05) is 0 Å². The predicted molar refractivity (Wildman–Crippen MR) is 56.9 cm³/mol. The van der Waals surface area contributed by atoms with Crippen LogP contribution in [0, 0.1) is 6.92 Å². The van der Waals surface area contributed by atoms with Crippen molar-refractivity contribution in [3.8, 4) is 0 Å². The Labute approximate surface area is 84.2 Å². The van der Waals surface area contributed by atoms with Crippen molar-refractivity contribution in [3.63, 3.8) is 0 Å². The molecule has 0 bridgehead atoms. The lowest BCUT2D eigenvalue weighted by atomic mass is 10.1. The van der Waals surface area contributed by atoms with Gasteiger partial charge in [0.25, 0.3) is 0 Å². The van der Waals surface area contributed by atoms with Gasteiger partial charge in [-0.3, -0.25) is 5.10 Å². The summed E-state index contributed by atoms with van der Waals surface area (Å²) in [6.45, 7) is 4.33. The van der Waals surface area contributed by atoms with Crippen molar-refractivity contribution in [2.24, 2.45) is 0 Å². The summed E-state index contributed by atoms with van der Waals surface area (Å²) in [7, 11) is 0. The maximum absolute atomic E-state index is 3.42. The van der Waals surface area contributed by atoms with Crippen LogP contribution in [0.25, 0.3) is 0 Å². The molecule has 0 saturated heterocycles. The highest BCUT2D eigenvalue weighted by molar-refractivity contribution is 5.24. The summed E-state index contributed by atoms with van der Waals surface area (Å²) in [4.78, 5) is 0. The molecule has 0 saturated carbocycles. The minimum absolute atomic E-state index is 1.15. The maximum Gasteiger partial charge on any atom is 0.0690 e. The number of nitrogens with zero attached hydrogens (tertiary/aromatic N) is 2. The van der Waals surface area contributed by atoms with E-state index >= 15 is 0 Å². The fourth-order valence-electron chi connectivity index (χ4n) is 1.17. The molecule has 3 heteroatoms. The minimum Gasteiger partial charge on any atom is -0.266 e. The van der Waals surface area contributed by atoms with Gasteiger partial charge in [0.1, 0.15) is 0 Å². The van der Waals surface area contributed by atoms with Crippen LogP contribution in [0.3, 0.4) is 0 Å². The number of hydrogen-bond donors (Lipinski definition) is 1. The Hall–Kier alpha value is -1.64. The number of aryl methyl sites for hydroxylation is 2. The fraction of sp³-hybridized carbons (Fsp3) is 0.273. The molecule has 1 aromatic heterocycles. The van der Waals surface area contributed by atoms with Crippen LogP contribution in [0.2, 0.25) is 0 Å². The van der Waals surface area contributed by atoms with E-state index in [-0.39, 0.29) is 0 Å². The van der Waals surface area contributed by atoms with Crippen molar-refractivity contribution in [1.82, 2.24) is 15.4 Å². The van der Waals surface area contributed by atoms with Crippen LogP contribution in [0.1, 0.15) is 18.1 Å². The standard InChI is InChI=1S/C9H12.C2H3N3/c1-3-9-7-5-4-6-8(9)2;1-2-4-5-3-1/h4-7H,3H2,1-2H3;1-2H,(H,3,4,5). The lowest BCUT2D eigenvalue weighted by molar-refractivity contribution is 0.940. The molecule has 0 aliphatic rings. The summed E-state index contributed by atoms with van der Waals surface area (Å²) in [5, 5.41) is 9.26. The van der Waals surface area contributed by atoms with Gasteiger partial charge in [0, 0.05) is 6.20 Å². The molecule has 0 unspecified atom stereocenters. The second-order valence-electron chi connectivity index (χ2n) is 2.94. The van der Waals surface area contributed by atoms with E-state index < -0.39 is 0 Å². The van der Waals surface area contributed by atoms with Crippen molar-refractivity contribution in [1.29, 1.82) is 0 Å². The topological polar surface area (TPSA) is 41.6 Å². The summed E-state index contributed by atoms with van der Waals surface area (Å²) >= 11 is 0. The second kappa shape index (κ2) is 5.91. The molecule has 1 aromatic carbocycles. The van der Waals surface area contributed by atoms with E-state index in [2.05, 4.69) is 53.5 Å². The molecule has 0 radical (unpaired) electrons.